The molecule has 118 valence electrons. The van der Waals surface area contributed by atoms with E-state index in [1.165, 1.54) is 0 Å². The summed E-state index contributed by atoms with van der Waals surface area (Å²) in [5, 5.41) is 0. The Kier molecular flexibility index (Phi) is 3.50. The number of benzene rings is 2. The zero-order valence-corrected chi connectivity index (χ0v) is 13.6. The molecule has 0 atom stereocenters. The van der Waals surface area contributed by atoms with Crippen LogP contribution in [0.3, 0.4) is 0 Å². The number of aromatic nitrogens is 3. The van der Waals surface area contributed by atoms with Gasteiger partial charge in [0.05, 0.1) is 12.6 Å². The first-order valence-corrected chi connectivity index (χ1v) is 7.78. The van der Waals surface area contributed by atoms with Gasteiger partial charge in [0, 0.05) is 24.4 Å². The van der Waals surface area contributed by atoms with Crippen molar-refractivity contribution in [3.63, 3.8) is 0 Å². The van der Waals surface area contributed by atoms with Crippen molar-refractivity contribution in [3.8, 4) is 28.3 Å². The van der Waals surface area contributed by atoms with Crippen LogP contribution in [0.15, 0.2) is 66.9 Å². The van der Waals surface area contributed by atoms with Gasteiger partial charge in [0.25, 0.3) is 0 Å². The summed E-state index contributed by atoms with van der Waals surface area (Å²) in [5.74, 6) is 1.69. The monoisotopic (exact) mass is 315 g/mol. The lowest BCUT2D eigenvalue weighted by molar-refractivity contribution is 0.415. The average Bonchev–Trinajstić information content (AvgIpc) is 2.99. The second-order valence-electron chi connectivity index (χ2n) is 5.66. The molecule has 4 rings (SSSR count). The standard InChI is InChI=1S/C20H17N3O/c1-23-18-12-16(14-7-4-3-5-8-14)13-21-19(18)22-20(23)15-9-6-10-17(11-15)24-2/h3-13H,1-2H3. The predicted octanol–water partition coefficient (Wildman–Crippen LogP) is 4.31. The molecule has 0 bridgehead atoms. The van der Waals surface area contributed by atoms with Gasteiger partial charge in [-0.15, -0.1) is 0 Å². The minimum atomic E-state index is 0.745. The molecule has 0 unspecified atom stereocenters. The molecule has 4 aromatic rings. The molecule has 0 amide bonds. The molecular formula is C20H17N3O. The van der Waals surface area contributed by atoms with E-state index < -0.39 is 0 Å². The van der Waals surface area contributed by atoms with E-state index in [9.17, 15) is 0 Å². The number of pyridine rings is 1. The molecular weight excluding hydrogens is 298 g/mol. The summed E-state index contributed by atoms with van der Waals surface area (Å²) in [5.41, 5.74) is 5.00. The Morgan fingerprint density at radius 2 is 1.67 bits per heavy atom. The second-order valence-corrected chi connectivity index (χ2v) is 5.66. The van der Waals surface area contributed by atoms with Gasteiger partial charge in [-0.3, -0.25) is 0 Å². The summed E-state index contributed by atoms with van der Waals surface area (Å²) >= 11 is 0. The maximum atomic E-state index is 5.31. The van der Waals surface area contributed by atoms with E-state index in [1.807, 2.05) is 55.7 Å². The molecule has 0 aliphatic carbocycles. The first kappa shape index (κ1) is 14.5. The molecule has 0 saturated carbocycles. The summed E-state index contributed by atoms with van der Waals surface area (Å²) in [7, 11) is 3.68. The number of ether oxygens (including phenoxy) is 1. The number of hydrogen-bond donors (Lipinski definition) is 0. The quantitative estimate of drug-likeness (QED) is 0.565. The molecule has 2 aromatic heterocycles. The number of rotatable bonds is 3. The van der Waals surface area contributed by atoms with E-state index in [1.54, 1.807) is 7.11 Å². The van der Waals surface area contributed by atoms with Crippen molar-refractivity contribution >= 4 is 11.2 Å². The lowest BCUT2D eigenvalue weighted by Gasteiger charge is -2.05. The van der Waals surface area contributed by atoms with Crippen molar-refractivity contribution in [3.05, 3.63) is 66.9 Å². The minimum absolute atomic E-state index is 0.745. The van der Waals surface area contributed by atoms with Crippen molar-refractivity contribution in [2.75, 3.05) is 7.11 Å². The van der Waals surface area contributed by atoms with E-state index in [0.29, 0.717) is 0 Å². The molecule has 0 N–H and O–H groups in total. The van der Waals surface area contributed by atoms with Gasteiger partial charge >= 0.3 is 0 Å². The van der Waals surface area contributed by atoms with Gasteiger partial charge in [0.1, 0.15) is 11.6 Å². The molecule has 4 heteroatoms. The summed E-state index contributed by atoms with van der Waals surface area (Å²) in [6.07, 6.45) is 1.88. The third-order valence-corrected chi connectivity index (χ3v) is 4.17. The fourth-order valence-electron chi connectivity index (χ4n) is 2.88. The fraction of sp³-hybridized carbons (Fsp3) is 0.100. The van der Waals surface area contributed by atoms with Crippen LogP contribution >= 0.6 is 0 Å². The molecule has 0 aliphatic rings. The van der Waals surface area contributed by atoms with Crippen LogP contribution in [0, 0.1) is 0 Å². The molecule has 4 nitrogen and oxygen atoms in total. The van der Waals surface area contributed by atoms with Crippen LogP contribution in [0.2, 0.25) is 0 Å². The Hall–Kier alpha value is -3.14. The SMILES string of the molecule is COc1cccc(-c2nc3ncc(-c4ccccc4)cc3n2C)c1. The number of methoxy groups -OCH3 is 1. The lowest BCUT2D eigenvalue weighted by Crippen LogP contribution is -1.93. The van der Waals surface area contributed by atoms with E-state index in [2.05, 4.69) is 32.7 Å². The lowest BCUT2D eigenvalue weighted by atomic mass is 10.1. The van der Waals surface area contributed by atoms with Crippen molar-refractivity contribution in [2.24, 2.45) is 7.05 Å². The highest BCUT2D eigenvalue weighted by atomic mass is 16.5. The Labute approximate surface area is 140 Å². The highest BCUT2D eigenvalue weighted by Crippen LogP contribution is 2.28. The van der Waals surface area contributed by atoms with Gasteiger partial charge < -0.3 is 9.30 Å². The van der Waals surface area contributed by atoms with E-state index in [0.717, 1.165) is 39.4 Å². The van der Waals surface area contributed by atoms with Crippen molar-refractivity contribution in [1.29, 1.82) is 0 Å². The second kappa shape index (κ2) is 5.81. The zero-order valence-electron chi connectivity index (χ0n) is 13.6. The molecule has 0 fully saturated rings. The molecule has 2 heterocycles. The van der Waals surface area contributed by atoms with Gasteiger partial charge in [0.2, 0.25) is 0 Å². The summed E-state index contributed by atoms with van der Waals surface area (Å²) < 4.78 is 7.39. The smallest absolute Gasteiger partial charge is 0.178 e. The highest BCUT2D eigenvalue weighted by Gasteiger charge is 2.12. The van der Waals surface area contributed by atoms with Crippen molar-refractivity contribution < 1.29 is 4.74 Å². The van der Waals surface area contributed by atoms with Gasteiger partial charge in [0.15, 0.2) is 5.65 Å². The third-order valence-electron chi connectivity index (χ3n) is 4.17. The highest BCUT2D eigenvalue weighted by molar-refractivity contribution is 5.82. The van der Waals surface area contributed by atoms with E-state index >= 15 is 0 Å². The average molecular weight is 315 g/mol. The molecule has 0 saturated heterocycles. The van der Waals surface area contributed by atoms with Crippen molar-refractivity contribution in [2.45, 2.75) is 0 Å². The molecule has 24 heavy (non-hydrogen) atoms. The number of hydrogen-bond acceptors (Lipinski definition) is 3. The van der Waals surface area contributed by atoms with Crippen LogP contribution in [0.5, 0.6) is 5.75 Å². The van der Waals surface area contributed by atoms with Crippen LogP contribution < -0.4 is 4.74 Å². The number of imidazole rings is 1. The van der Waals surface area contributed by atoms with Crippen molar-refractivity contribution in [1.82, 2.24) is 14.5 Å². The molecule has 0 aliphatic heterocycles. The maximum Gasteiger partial charge on any atom is 0.178 e. The zero-order chi connectivity index (χ0) is 16.5. The van der Waals surface area contributed by atoms with Gasteiger partial charge in [-0.2, -0.15) is 0 Å². The molecule has 2 aromatic carbocycles. The number of aryl methyl sites for hydroxylation is 1. The topological polar surface area (TPSA) is 39.9 Å². The summed E-state index contributed by atoms with van der Waals surface area (Å²) in [6, 6.07) is 20.3. The van der Waals surface area contributed by atoms with Gasteiger partial charge in [-0.1, -0.05) is 42.5 Å². The fourth-order valence-corrected chi connectivity index (χ4v) is 2.88. The summed E-state index contributed by atoms with van der Waals surface area (Å²) in [4.78, 5) is 9.23. The van der Waals surface area contributed by atoms with Crippen LogP contribution in [-0.4, -0.2) is 21.6 Å². The first-order chi connectivity index (χ1) is 11.8. The summed E-state index contributed by atoms with van der Waals surface area (Å²) in [6.45, 7) is 0. The van der Waals surface area contributed by atoms with Crippen LogP contribution in [0.4, 0.5) is 0 Å². The predicted molar refractivity (Wildman–Crippen MR) is 95.9 cm³/mol. The molecule has 0 radical (unpaired) electrons. The number of nitrogens with zero attached hydrogens (tertiary/aromatic N) is 3. The van der Waals surface area contributed by atoms with Crippen LogP contribution in [0.25, 0.3) is 33.7 Å². The Bertz CT molecular complexity index is 1010. The Balaban J connectivity index is 1.86. The Morgan fingerprint density at radius 1 is 0.875 bits per heavy atom. The Morgan fingerprint density at radius 3 is 2.46 bits per heavy atom. The molecule has 0 spiro atoms. The van der Waals surface area contributed by atoms with E-state index in [4.69, 9.17) is 4.74 Å². The first-order valence-electron chi connectivity index (χ1n) is 7.78. The normalized spacial score (nSPS) is 10.9. The maximum absolute atomic E-state index is 5.31. The number of fused-ring (bicyclic) bond motifs is 1. The van der Waals surface area contributed by atoms with Gasteiger partial charge in [-0.05, 0) is 23.8 Å². The van der Waals surface area contributed by atoms with E-state index in [-0.39, 0.29) is 0 Å². The van der Waals surface area contributed by atoms with Crippen LogP contribution in [0.1, 0.15) is 0 Å². The van der Waals surface area contributed by atoms with Crippen LogP contribution in [-0.2, 0) is 7.05 Å². The van der Waals surface area contributed by atoms with Gasteiger partial charge in [-0.25, -0.2) is 9.97 Å². The third kappa shape index (κ3) is 2.42. The minimum Gasteiger partial charge on any atom is -0.497 e. The largest absolute Gasteiger partial charge is 0.497 e.